The molecule has 1 aromatic carbocycles. The van der Waals surface area contributed by atoms with Crippen LogP contribution in [0.1, 0.15) is 25.8 Å². The summed E-state index contributed by atoms with van der Waals surface area (Å²) in [6.45, 7) is 4.31. The molecule has 25 heavy (non-hydrogen) atoms. The molecule has 0 atom stereocenters. The van der Waals surface area contributed by atoms with Gasteiger partial charge in [-0.2, -0.15) is 0 Å². The first kappa shape index (κ1) is 20.4. The minimum absolute atomic E-state index is 0.0846. The highest BCUT2D eigenvalue weighted by molar-refractivity contribution is 5.78. The van der Waals surface area contributed by atoms with E-state index in [1.54, 1.807) is 12.1 Å². The number of rotatable bonds is 9. The zero-order chi connectivity index (χ0) is 18.8. The lowest BCUT2D eigenvalue weighted by Gasteiger charge is -2.14. The third kappa shape index (κ3) is 6.78. The van der Waals surface area contributed by atoms with Crippen molar-refractivity contribution in [3.63, 3.8) is 0 Å². The lowest BCUT2D eigenvalue weighted by atomic mass is 10.2. The number of hydrogen-bond donors (Lipinski definition) is 3. The first-order valence-corrected chi connectivity index (χ1v) is 8.01. The highest BCUT2D eigenvalue weighted by Gasteiger charge is 2.13. The van der Waals surface area contributed by atoms with Gasteiger partial charge in [-0.05, 0) is 31.5 Å². The summed E-state index contributed by atoms with van der Waals surface area (Å²) >= 11 is 0. The van der Waals surface area contributed by atoms with Crippen LogP contribution in [0.2, 0.25) is 0 Å². The highest BCUT2D eigenvalue weighted by atomic mass is 16.5. The predicted octanol–water partition coefficient (Wildman–Crippen LogP) is 1.43. The van der Waals surface area contributed by atoms with Gasteiger partial charge in [0.15, 0.2) is 11.5 Å². The van der Waals surface area contributed by atoms with Gasteiger partial charge < -0.3 is 30.2 Å². The van der Waals surface area contributed by atoms with Gasteiger partial charge in [0.05, 0.1) is 21.3 Å². The molecule has 0 bridgehead atoms. The topological polar surface area (TPSA) is 97.9 Å². The second kappa shape index (κ2) is 10.3. The number of benzene rings is 1. The molecule has 0 fully saturated rings. The van der Waals surface area contributed by atoms with Crippen LogP contribution in [0.3, 0.4) is 0 Å². The average Bonchev–Trinajstić information content (AvgIpc) is 2.58. The molecule has 0 saturated heterocycles. The van der Waals surface area contributed by atoms with Crippen LogP contribution < -0.4 is 30.2 Å². The standard InChI is InChI=1S/C17H27N3O5/c1-11(2)20-15(21)6-7-18-17(22)19-10-12-8-13(23-3)16(25-5)14(9-12)24-4/h8-9,11H,6-7,10H2,1-5H3,(H,20,21)(H2,18,19,22). The fourth-order valence-corrected chi connectivity index (χ4v) is 2.17. The van der Waals surface area contributed by atoms with Crippen molar-refractivity contribution >= 4 is 11.9 Å². The maximum atomic E-state index is 11.8. The molecule has 3 amide bonds. The van der Waals surface area contributed by atoms with Crippen LogP contribution in [0, 0.1) is 0 Å². The van der Waals surface area contributed by atoms with Gasteiger partial charge in [0, 0.05) is 25.6 Å². The molecule has 1 aromatic rings. The van der Waals surface area contributed by atoms with Crippen LogP contribution in [-0.4, -0.2) is 45.9 Å². The molecule has 0 aromatic heterocycles. The number of amides is 3. The molecular weight excluding hydrogens is 326 g/mol. The van der Waals surface area contributed by atoms with Crippen molar-refractivity contribution in [1.29, 1.82) is 0 Å². The molecule has 0 saturated carbocycles. The highest BCUT2D eigenvalue weighted by Crippen LogP contribution is 2.38. The van der Waals surface area contributed by atoms with Crippen LogP contribution in [0.5, 0.6) is 17.2 Å². The number of hydrogen-bond acceptors (Lipinski definition) is 5. The number of nitrogens with one attached hydrogen (secondary N) is 3. The van der Waals surface area contributed by atoms with E-state index < -0.39 is 0 Å². The second-order valence-electron chi connectivity index (χ2n) is 5.62. The number of ether oxygens (including phenoxy) is 3. The van der Waals surface area contributed by atoms with E-state index in [9.17, 15) is 9.59 Å². The van der Waals surface area contributed by atoms with Gasteiger partial charge in [0.2, 0.25) is 11.7 Å². The van der Waals surface area contributed by atoms with Crippen LogP contribution in [0.4, 0.5) is 4.79 Å². The molecule has 0 aliphatic heterocycles. The van der Waals surface area contributed by atoms with Gasteiger partial charge in [-0.15, -0.1) is 0 Å². The Balaban J connectivity index is 2.52. The lowest BCUT2D eigenvalue weighted by Crippen LogP contribution is -2.38. The lowest BCUT2D eigenvalue weighted by molar-refractivity contribution is -0.121. The Bertz CT molecular complexity index is 565. The van der Waals surface area contributed by atoms with Crippen LogP contribution >= 0.6 is 0 Å². The van der Waals surface area contributed by atoms with Gasteiger partial charge in [-0.1, -0.05) is 0 Å². The summed E-state index contributed by atoms with van der Waals surface area (Å²) in [7, 11) is 4.59. The summed E-state index contributed by atoms with van der Waals surface area (Å²) in [6, 6.07) is 3.25. The molecule has 0 aliphatic carbocycles. The van der Waals surface area contributed by atoms with Crippen molar-refractivity contribution < 1.29 is 23.8 Å². The van der Waals surface area contributed by atoms with E-state index in [2.05, 4.69) is 16.0 Å². The molecular formula is C17H27N3O5. The van der Waals surface area contributed by atoms with Crippen molar-refractivity contribution in [3.05, 3.63) is 17.7 Å². The maximum Gasteiger partial charge on any atom is 0.315 e. The Morgan fingerprint density at radius 2 is 1.60 bits per heavy atom. The molecule has 8 heteroatoms. The van der Waals surface area contributed by atoms with Gasteiger partial charge >= 0.3 is 6.03 Å². The zero-order valence-corrected chi connectivity index (χ0v) is 15.4. The zero-order valence-electron chi connectivity index (χ0n) is 15.4. The van der Waals surface area contributed by atoms with Crippen molar-refractivity contribution in [2.45, 2.75) is 32.9 Å². The van der Waals surface area contributed by atoms with E-state index in [1.165, 1.54) is 21.3 Å². The third-order valence-corrected chi connectivity index (χ3v) is 3.26. The number of methoxy groups -OCH3 is 3. The van der Waals surface area contributed by atoms with E-state index in [-0.39, 0.29) is 37.5 Å². The molecule has 8 nitrogen and oxygen atoms in total. The summed E-state index contributed by atoms with van der Waals surface area (Å²) in [4.78, 5) is 23.3. The van der Waals surface area contributed by atoms with Gasteiger partial charge in [-0.25, -0.2) is 4.79 Å². The Kier molecular flexibility index (Phi) is 8.38. The average molecular weight is 353 g/mol. The number of carbonyl (C=O) groups excluding carboxylic acids is 2. The Hall–Kier alpha value is -2.64. The fraction of sp³-hybridized carbons (Fsp3) is 0.529. The molecule has 1 rings (SSSR count). The summed E-state index contributed by atoms with van der Waals surface area (Å²) in [6.07, 6.45) is 0.232. The van der Waals surface area contributed by atoms with Crippen molar-refractivity contribution in [2.75, 3.05) is 27.9 Å². The molecule has 140 valence electrons. The van der Waals surface area contributed by atoms with Crippen LogP contribution in [-0.2, 0) is 11.3 Å². The number of carbonyl (C=O) groups is 2. The van der Waals surface area contributed by atoms with Gasteiger partial charge in [0.1, 0.15) is 0 Å². The van der Waals surface area contributed by atoms with Crippen molar-refractivity contribution in [3.8, 4) is 17.2 Å². The van der Waals surface area contributed by atoms with Crippen molar-refractivity contribution in [2.24, 2.45) is 0 Å². The molecule has 3 N–H and O–H groups in total. The molecule has 0 radical (unpaired) electrons. The van der Waals surface area contributed by atoms with E-state index in [1.807, 2.05) is 13.8 Å². The Labute approximate surface area is 148 Å². The fourth-order valence-electron chi connectivity index (χ4n) is 2.17. The van der Waals surface area contributed by atoms with Crippen molar-refractivity contribution in [1.82, 2.24) is 16.0 Å². The smallest absolute Gasteiger partial charge is 0.315 e. The van der Waals surface area contributed by atoms with E-state index in [0.29, 0.717) is 17.2 Å². The van der Waals surface area contributed by atoms with E-state index >= 15 is 0 Å². The normalized spacial score (nSPS) is 10.2. The summed E-state index contributed by atoms with van der Waals surface area (Å²) < 4.78 is 15.8. The molecule has 0 aliphatic rings. The Morgan fingerprint density at radius 1 is 1.00 bits per heavy atom. The minimum atomic E-state index is -0.355. The summed E-state index contributed by atoms with van der Waals surface area (Å²) in [5.41, 5.74) is 0.794. The van der Waals surface area contributed by atoms with E-state index in [0.717, 1.165) is 5.56 Å². The molecule has 0 unspecified atom stereocenters. The first-order valence-electron chi connectivity index (χ1n) is 8.01. The van der Waals surface area contributed by atoms with Crippen LogP contribution in [0.25, 0.3) is 0 Å². The monoisotopic (exact) mass is 353 g/mol. The van der Waals surface area contributed by atoms with Gasteiger partial charge in [0.25, 0.3) is 0 Å². The maximum absolute atomic E-state index is 11.8. The SMILES string of the molecule is COc1cc(CNC(=O)NCCC(=O)NC(C)C)cc(OC)c1OC. The van der Waals surface area contributed by atoms with E-state index in [4.69, 9.17) is 14.2 Å². The number of urea groups is 1. The quantitative estimate of drug-likeness (QED) is 0.624. The van der Waals surface area contributed by atoms with Crippen LogP contribution in [0.15, 0.2) is 12.1 Å². The summed E-state index contributed by atoms with van der Waals surface area (Å²) in [5, 5.41) is 8.12. The predicted molar refractivity (Wildman–Crippen MR) is 94.2 cm³/mol. The minimum Gasteiger partial charge on any atom is -0.493 e. The molecule has 0 spiro atoms. The largest absolute Gasteiger partial charge is 0.493 e. The third-order valence-electron chi connectivity index (χ3n) is 3.26. The van der Waals surface area contributed by atoms with Gasteiger partial charge in [-0.3, -0.25) is 4.79 Å². The second-order valence-corrected chi connectivity index (χ2v) is 5.62. The Morgan fingerprint density at radius 3 is 2.08 bits per heavy atom. The summed E-state index contributed by atoms with van der Waals surface area (Å²) in [5.74, 6) is 1.43. The molecule has 0 heterocycles. The first-order chi connectivity index (χ1) is 11.9.